The maximum absolute atomic E-state index is 12.8. The molecule has 6 nitrogen and oxygen atoms in total. The highest BCUT2D eigenvalue weighted by Gasteiger charge is 2.29. The molecule has 0 aromatic heterocycles. The predicted octanol–water partition coefficient (Wildman–Crippen LogP) is 4.11. The van der Waals surface area contributed by atoms with Crippen LogP contribution in [0, 0.1) is 12.8 Å². The van der Waals surface area contributed by atoms with Crippen LogP contribution in [0.4, 0.5) is 5.69 Å². The average molecular weight is 498 g/mol. The highest BCUT2D eigenvalue weighted by Crippen LogP contribution is 2.21. The van der Waals surface area contributed by atoms with E-state index >= 15 is 0 Å². The first-order chi connectivity index (χ1) is 15.3. The Morgan fingerprint density at radius 1 is 1.12 bits per heavy atom. The second-order valence-electron chi connectivity index (χ2n) is 8.05. The number of carbonyl (C=O) groups excluding carboxylic acids is 3. The molecule has 1 fully saturated rings. The molecule has 0 aliphatic carbocycles. The molecular formula is C25H28BrN3O3. The molecule has 1 N–H and O–H groups in total. The third kappa shape index (κ3) is 6.53. The van der Waals surface area contributed by atoms with E-state index in [1.165, 1.54) is 4.90 Å². The monoisotopic (exact) mass is 497 g/mol. The molecule has 3 amide bonds. The van der Waals surface area contributed by atoms with E-state index in [0.29, 0.717) is 25.9 Å². The Bertz CT molecular complexity index is 999. The van der Waals surface area contributed by atoms with E-state index in [-0.39, 0.29) is 30.2 Å². The van der Waals surface area contributed by atoms with Crippen molar-refractivity contribution in [3.05, 3.63) is 70.2 Å². The summed E-state index contributed by atoms with van der Waals surface area (Å²) >= 11 is 3.40. The van der Waals surface area contributed by atoms with Gasteiger partial charge in [-0.25, -0.2) is 0 Å². The van der Waals surface area contributed by atoms with Crippen LogP contribution in [0.25, 0.3) is 6.08 Å². The van der Waals surface area contributed by atoms with Gasteiger partial charge in [0.05, 0.1) is 6.54 Å². The largest absolute Gasteiger partial charge is 0.339 e. The maximum atomic E-state index is 12.8. The molecular weight excluding hydrogens is 470 g/mol. The first kappa shape index (κ1) is 23.7. The summed E-state index contributed by atoms with van der Waals surface area (Å²) in [6, 6.07) is 15.3. The van der Waals surface area contributed by atoms with Crippen LogP contribution in [0.3, 0.4) is 0 Å². The fourth-order valence-electron chi connectivity index (χ4n) is 3.75. The van der Waals surface area contributed by atoms with Gasteiger partial charge >= 0.3 is 0 Å². The molecule has 168 valence electrons. The lowest BCUT2D eigenvalue weighted by Gasteiger charge is -2.32. The molecule has 0 atom stereocenters. The van der Waals surface area contributed by atoms with Crippen molar-refractivity contribution in [3.63, 3.8) is 0 Å². The van der Waals surface area contributed by atoms with Crippen molar-refractivity contribution in [3.8, 4) is 0 Å². The molecule has 2 aromatic rings. The van der Waals surface area contributed by atoms with E-state index in [9.17, 15) is 14.4 Å². The van der Waals surface area contributed by atoms with Gasteiger partial charge < -0.3 is 15.1 Å². The Kier molecular flexibility index (Phi) is 8.22. The Hall–Kier alpha value is -2.93. The number of carbonyl (C=O) groups is 3. The SMILES string of the molecule is Cc1cc(Br)ccc1NC(=O)CN(C)C(=O)C1CCN(C(=O)/C=C/c2ccccc2)CC1. The lowest BCUT2D eigenvalue weighted by atomic mass is 9.95. The minimum Gasteiger partial charge on any atom is -0.339 e. The molecule has 1 heterocycles. The number of hydrogen-bond acceptors (Lipinski definition) is 3. The molecule has 0 spiro atoms. The van der Waals surface area contributed by atoms with Gasteiger partial charge in [0, 0.05) is 42.3 Å². The summed E-state index contributed by atoms with van der Waals surface area (Å²) < 4.78 is 0.945. The normalized spacial score (nSPS) is 14.4. The third-order valence-electron chi connectivity index (χ3n) is 5.59. The molecule has 0 bridgehead atoms. The van der Waals surface area contributed by atoms with E-state index in [1.807, 2.05) is 55.5 Å². The molecule has 0 radical (unpaired) electrons. The smallest absolute Gasteiger partial charge is 0.246 e. The number of aryl methyl sites for hydroxylation is 1. The van der Waals surface area contributed by atoms with Crippen LogP contribution in [0.2, 0.25) is 0 Å². The summed E-state index contributed by atoms with van der Waals surface area (Å²) in [4.78, 5) is 40.9. The number of rotatable bonds is 6. The fraction of sp³-hybridized carbons (Fsp3) is 0.320. The van der Waals surface area contributed by atoms with Gasteiger partial charge in [0.2, 0.25) is 17.7 Å². The van der Waals surface area contributed by atoms with E-state index < -0.39 is 0 Å². The topological polar surface area (TPSA) is 69.7 Å². The average Bonchev–Trinajstić information content (AvgIpc) is 2.79. The van der Waals surface area contributed by atoms with Crippen LogP contribution in [-0.4, -0.2) is 54.2 Å². The second-order valence-corrected chi connectivity index (χ2v) is 8.96. The van der Waals surface area contributed by atoms with Gasteiger partial charge in [-0.1, -0.05) is 46.3 Å². The second kappa shape index (κ2) is 11.1. The number of halogens is 1. The van der Waals surface area contributed by atoms with Gasteiger partial charge in [0.15, 0.2) is 0 Å². The van der Waals surface area contributed by atoms with Crippen LogP contribution in [-0.2, 0) is 14.4 Å². The van der Waals surface area contributed by atoms with Gasteiger partial charge in [0.1, 0.15) is 0 Å². The maximum Gasteiger partial charge on any atom is 0.246 e. The first-order valence-corrected chi connectivity index (χ1v) is 11.5. The number of hydrogen-bond donors (Lipinski definition) is 1. The zero-order valence-electron chi connectivity index (χ0n) is 18.4. The molecule has 0 unspecified atom stereocenters. The van der Waals surface area contributed by atoms with Crippen LogP contribution >= 0.6 is 15.9 Å². The Labute approximate surface area is 197 Å². The van der Waals surface area contributed by atoms with E-state index in [1.54, 1.807) is 24.1 Å². The molecule has 2 aromatic carbocycles. The summed E-state index contributed by atoms with van der Waals surface area (Å²) in [5.41, 5.74) is 2.65. The van der Waals surface area contributed by atoms with Gasteiger partial charge in [-0.2, -0.15) is 0 Å². The number of nitrogens with zero attached hydrogens (tertiary/aromatic N) is 2. The predicted molar refractivity (Wildman–Crippen MR) is 130 cm³/mol. The summed E-state index contributed by atoms with van der Waals surface area (Å²) in [6.07, 6.45) is 4.58. The minimum atomic E-state index is -0.232. The highest BCUT2D eigenvalue weighted by molar-refractivity contribution is 9.10. The van der Waals surface area contributed by atoms with E-state index in [0.717, 1.165) is 21.3 Å². The quantitative estimate of drug-likeness (QED) is 0.610. The van der Waals surface area contributed by atoms with Gasteiger partial charge in [-0.15, -0.1) is 0 Å². The molecule has 1 aliphatic heterocycles. The van der Waals surface area contributed by atoms with Gasteiger partial charge in [-0.3, -0.25) is 14.4 Å². The van der Waals surface area contributed by atoms with Crippen LogP contribution in [0.15, 0.2) is 59.1 Å². The number of likely N-dealkylation sites (N-methyl/N-ethyl adjacent to an activating group) is 1. The molecule has 1 saturated heterocycles. The zero-order valence-corrected chi connectivity index (χ0v) is 20.0. The number of amides is 3. The van der Waals surface area contributed by atoms with E-state index in [2.05, 4.69) is 21.2 Å². The Balaban J connectivity index is 1.46. The fourth-order valence-corrected chi connectivity index (χ4v) is 4.22. The lowest BCUT2D eigenvalue weighted by Crippen LogP contribution is -2.44. The summed E-state index contributed by atoms with van der Waals surface area (Å²) in [7, 11) is 1.65. The summed E-state index contributed by atoms with van der Waals surface area (Å²) in [5, 5.41) is 2.86. The summed E-state index contributed by atoms with van der Waals surface area (Å²) in [5.74, 6) is -0.508. The lowest BCUT2D eigenvalue weighted by molar-refractivity contribution is -0.140. The Morgan fingerprint density at radius 2 is 1.81 bits per heavy atom. The van der Waals surface area contributed by atoms with Crippen molar-refractivity contribution in [2.75, 3.05) is 32.0 Å². The molecule has 3 rings (SSSR count). The standard InChI is InChI=1S/C25H28BrN3O3/c1-18-16-21(26)9-10-22(18)27-23(30)17-28(2)25(32)20-12-14-29(15-13-20)24(31)11-8-19-6-4-3-5-7-19/h3-11,16,20H,12-15,17H2,1-2H3,(H,27,30)/b11-8+. The van der Waals surface area contributed by atoms with Crippen LogP contribution in [0.1, 0.15) is 24.0 Å². The van der Waals surface area contributed by atoms with Crippen LogP contribution < -0.4 is 5.32 Å². The van der Waals surface area contributed by atoms with Crippen molar-refractivity contribution in [2.45, 2.75) is 19.8 Å². The molecule has 32 heavy (non-hydrogen) atoms. The third-order valence-corrected chi connectivity index (χ3v) is 6.09. The number of anilines is 1. The minimum absolute atomic E-state index is 0.00665. The van der Waals surface area contributed by atoms with Crippen molar-refractivity contribution in [2.24, 2.45) is 5.92 Å². The van der Waals surface area contributed by atoms with E-state index in [4.69, 9.17) is 0 Å². The van der Waals surface area contributed by atoms with Crippen molar-refractivity contribution in [1.29, 1.82) is 0 Å². The van der Waals surface area contributed by atoms with Crippen molar-refractivity contribution in [1.82, 2.24) is 9.80 Å². The zero-order chi connectivity index (χ0) is 23.1. The number of likely N-dealkylation sites (tertiary alicyclic amines) is 1. The Morgan fingerprint density at radius 3 is 2.47 bits per heavy atom. The first-order valence-electron chi connectivity index (χ1n) is 10.7. The number of benzene rings is 2. The van der Waals surface area contributed by atoms with Crippen molar-refractivity contribution >= 4 is 45.4 Å². The summed E-state index contributed by atoms with van der Waals surface area (Å²) in [6.45, 7) is 2.98. The number of piperidine rings is 1. The van der Waals surface area contributed by atoms with Gasteiger partial charge in [0.25, 0.3) is 0 Å². The highest BCUT2D eigenvalue weighted by atomic mass is 79.9. The van der Waals surface area contributed by atoms with Crippen molar-refractivity contribution < 1.29 is 14.4 Å². The van der Waals surface area contributed by atoms with Crippen LogP contribution in [0.5, 0.6) is 0 Å². The number of nitrogens with one attached hydrogen (secondary N) is 1. The molecule has 0 saturated carbocycles. The molecule has 7 heteroatoms. The van der Waals surface area contributed by atoms with Gasteiger partial charge in [-0.05, 0) is 55.2 Å². The molecule has 1 aliphatic rings.